The summed E-state index contributed by atoms with van der Waals surface area (Å²) in [5, 5.41) is 61.3. The third-order valence-electron chi connectivity index (χ3n) is 17.7. The summed E-state index contributed by atoms with van der Waals surface area (Å²) >= 11 is 0. The lowest BCUT2D eigenvalue weighted by Crippen LogP contribution is -2.17. The highest BCUT2D eigenvalue weighted by Crippen LogP contribution is 2.43. The molecule has 0 bridgehead atoms. The number of imidazole rings is 6. The minimum Gasteiger partial charge on any atom is -0.380 e. The Kier molecular flexibility index (Phi) is 31.9. The van der Waals surface area contributed by atoms with E-state index in [9.17, 15) is 70.2 Å². The highest BCUT2D eigenvalue weighted by molar-refractivity contribution is 5.56. The Bertz CT molecular complexity index is 4440. The predicted molar refractivity (Wildman–Crippen MR) is 396 cm³/mol. The van der Waals surface area contributed by atoms with Gasteiger partial charge in [-0.15, -0.1) is 0 Å². The molecule has 6 heterocycles. The van der Waals surface area contributed by atoms with Crippen LogP contribution in [0.1, 0.15) is 236 Å². The minimum atomic E-state index is -1.07. The smallest absolute Gasteiger partial charge is 0.162 e. The standard InChI is InChI=1S/C17H21FN2O.3C13H14F2N2O.2C13H13FN2O/c1-2-4-12-9-13(18)10-14(11-5-3-6-11)15(12)16(21)17-19-7-8-20-17;3*1-2-3-8-9(4-5-10(14)11(8)15)12(18)13-16-6-7-17-13;2*1-2-3-9-8-10(14)4-5-11(9)12(17)13-15-6-7-16-13/h7-11,16,21H,2-6H2,1H3,(H,19,20);3*4-7,12,18H,2-3H2,1H3,(H,16,17);2*2-8,12,17H,1H3,(H,15,16)/b;;;;3-2+;3-2-. The van der Waals surface area contributed by atoms with Crippen LogP contribution in [-0.4, -0.2) is 90.4 Å². The van der Waals surface area contributed by atoms with E-state index in [0.717, 1.165) is 60.6 Å². The Labute approximate surface area is 625 Å². The van der Waals surface area contributed by atoms with Gasteiger partial charge in [0.15, 0.2) is 34.9 Å². The van der Waals surface area contributed by atoms with Crippen LogP contribution in [0.2, 0.25) is 0 Å². The van der Waals surface area contributed by atoms with Crippen molar-refractivity contribution in [1.82, 2.24) is 59.8 Å². The van der Waals surface area contributed by atoms with Crippen molar-refractivity contribution in [3.63, 3.8) is 0 Å². The molecule has 0 amide bonds. The number of aromatic amines is 6. The number of aryl methyl sites for hydroxylation is 1. The number of nitrogens with one attached hydrogen (secondary N) is 6. The molecular weight excluding hydrogens is 1420 g/mol. The molecule has 6 aromatic heterocycles. The number of nitrogens with zero attached hydrogens (tertiary/aromatic N) is 6. The Balaban J connectivity index is 0.000000165. The first-order chi connectivity index (χ1) is 52.6. The molecule has 0 spiro atoms. The molecule has 13 rings (SSSR count). The third kappa shape index (κ3) is 22.0. The van der Waals surface area contributed by atoms with E-state index in [0.29, 0.717) is 118 Å². The van der Waals surface area contributed by atoms with E-state index < -0.39 is 71.5 Å². The van der Waals surface area contributed by atoms with Crippen molar-refractivity contribution in [3.05, 3.63) is 331 Å². The third-order valence-corrected chi connectivity index (χ3v) is 17.7. The van der Waals surface area contributed by atoms with Gasteiger partial charge >= 0.3 is 0 Å². The van der Waals surface area contributed by atoms with E-state index in [1.54, 1.807) is 104 Å². The zero-order chi connectivity index (χ0) is 78.7. The monoisotopic (exact) mass is 1510 g/mol. The quantitative estimate of drug-likeness (QED) is 0.0266. The van der Waals surface area contributed by atoms with Crippen LogP contribution in [0.15, 0.2) is 171 Å². The van der Waals surface area contributed by atoms with Crippen LogP contribution in [-0.2, 0) is 25.7 Å². The van der Waals surface area contributed by atoms with Gasteiger partial charge in [0.2, 0.25) is 0 Å². The number of aliphatic hydroxyl groups is 6. The Hall–Kier alpha value is -10.8. The summed E-state index contributed by atoms with van der Waals surface area (Å²) in [6.07, 6.45) is 28.4. The van der Waals surface area contributed by atoms with Gasteiger partial charge in [-0.3, -0.25) is 0 Å². The van der Waals surface area contributed by atoms with Crippen molar-refractivity contribution in [1.29, 1.82) is 0 Å². The fourth-order valence-electron chi connectivity index (χ4n) is 12.3. The van der Waals surface area contributed by atoms with Crippen LogP contribution >= 0.6 is 0 Å². The summed E-state index contributed by atoms with van der Waals surface area (Å²) in [5.74, 6) is -3.45. The minimum absolute atomic E-state index is 0.198. The predicted octanol–water partition coefficient (Wildman–Crippen LogP) is 17.3. The zero-order valence-corrected chi connectivity index (χ0v) is 60.9. The molecule has 0 radical (unpaired) electrons. The van der Waals surface area contributed by atoms with Gasteiger partial charge in [0.1, 0.15) is 89.0 Å². The Morgan fingerprint density at radius 1 is 0.367 bits per heavy atom. The van der Waals surface area contributed by atoms with Crippen molar-refractivity contribution in [2.75, 3.05) is 0 Å². The number of allylic oxidation sites excluding steroid dienone is 2. The molecule has 27 heteroatoms. The van der Waals surface area contributed by atoms with Crippen LogP contribution in [0.5, 0.6) is 0 Å². The van der Waals surface area contributed by atoms with Crippen LogP contribution in [0.3, 0.4) is 0 Å². The van der Waals surface area contributed by atoms with Gasteiger partial charge in [-0.2, -0.15) is 0 Å². The van der Waals surface area contributed by atoms with Crippen LogP contribution < -0.4 is 0 Å². The number of halogens is 9. The van der Waals surface area contributed by atoms with Gasteiger partial charge in [0.25, 0.3) is 0 Å². The lowest BCUT2D eigenvalue weighted by molar-refractivity contribution is 0.206. The molecule has 18 nitrogen and oxygen atoms in total. The molecule has 1 fully saturated rings. The number of hydrogen-bond acceptors (Lipinski definition) is 12. The average molecular weight is 1510 g/mol. The molecule has 109 heavy (non-hydrogen) atoms. The second kappa shape index (κ2) is 41.5. The molecule has 576 valence electrons. The Morgan fingerprint density at radius 2 is 0.661 bits per heavy atom. The summed E-state index contributed by atoms with van der Waals surface area (Å²) < 4.78 is 121. The van der Waals surface area contributed by atoms with Gasteiger partial charge in [-0.05, 0) is 185 Å². The van der Waals surface area contributed by atoms with E-state index >= 15 is 0 Å². The van der Waals surface area contributed by atoms with Crippen molar-refractivity contribution in [3.8, 4) is 0 Å². The second-order valence-corrected chi connectivity index (χ2v) is 25.3. The van der Waals surface area contributed by atoms with Crippen LogP contribution in [0.4, 0.5) is 39.5 Å². The molecule has 1 aliphatic carbocycles. The highest BCUT2D eigenvalue weighted by Gasteiger charge is 2.30. The fraction of sp³-hybridized carbons (Fsp3) is 0.293. The van der Waals surface area contributed by atoms with Crippen LogP contribution in [0.25, 0.3) is 12.2 Å². The summed E-state index contributed by atoms with van der Waals surface area (Å²) in [5.41, 5.74) is 6.97. The maximum Gasteiger partial charge on any atom is 0.162 e. The SMILES string of the molecule is C/C=C/c1cc(F)ccc1C(O)c1ncc[nH]1.C/C=C\c1cc(F)ccc1C(O)c1ncc[nH]1.CCCc1c(C(O)c2ncc[nH]2)ccc(F)c1F.CCCc1c(C(O)c2ncc[nH]2)ccc(F)c1F.CCCc1c(C(O)c2ncc[nH]2)ccc(F)c1F.CCCc1cc(F)cc(C2CCC2)c1C(O)c1ncc[nH]1. The lowest BCUT2D eigenvalue weighted by atomic mass is 9.76. The van der Waals surface area contributed by atoms with E-state index in [2.05, 4.69) is 66.7 Å². The first kappa shape index (κ1) is 83.8. The van der Waals surface area contributed by atoms with Crippen molar-refractivity contribution >= 4 is 12.2 Å². The molecule has 12 N–H and O–H groups in total. The molecule has 6 atom stereocenters. The number of aromatic nitrogens is 12. The molecule has 1 saturated carbocycles. The molecule has 0 saturated heterocycles. The number of benzene rings is 6. The number of aliphatic hydroxyl groups excluding tert-OH is 6. The van der Waals surface area contributed by atoms with Gasteiger partial charge in [0, 0.05) is 74.4 Å². The van der Waals surface area contributed by atoms with E-state index in [1.165, 1.54) is 67.5 Å². The van der Waals surface area contributed by atoms with Gasteiger partial charge in [-0.25, -0.2) is 69.4 Å². The van der Waals surface area contributed by atoms with Crippen molar-refractivity contribution in [2.24, 2.45) is 0 Å². The molecule has 6 aromatic carbocycles. The maximum absolute atomic E-state index is 14.0. The summed E-state index contributed by atoms with van der Waals surface area (Å²) in [7, 11) is 0. The summed E-state index contributed by atoms with van der Waals surface area (Å²) in [4.78, 5) is 40.9. The first-order valence-corrected chi connectivity index (χ1v) is 35.7. The summed E-state index contributed by atoms with van der Waals surface area (Å²) in [6, 6.07) is 19.0. The van der Waals surface area contributed by atoms with E-state index in [-0.39, 0.29) is 34.1 Å². The number of H-pyrrole nitrogens is 6. The van der Waals surface area contributed by atoms with Gasteiger partial charge in [0.05, 0.1) is 0 Å². The topological polar surface area (TPSA) is 293 Å². The molecule has 1 aliphatic rings. The van der Waals surface area contributed by atoms with Crippen molar-refractivity contribution < 1.29 is 70.2 Å². The second-order valence-electron chi connectivity index (χ2n) is 25.3. The summed E-state index contributed by atoms with van der Waals surface area (Å²) in [6.45, 7) is 11.4. The van der Waals surface area contributed by atoms with Crippen molar-refractivity contribution in [2.45, 2.75) is 155 Å². The van der Waals surface area contributed by atoms with Crippen LogP contribution in [0, 0.1) is 52.4 Å². The molecular formula is C82H89F9N12O6. The fourth-order valence-corrected chi connectivity index (χ4v) is 12.3. The lowest BCUT2D eigenvalue weighted by Gasteiger charge is -2.30. The van der Waals surface area contributed by atoms with E-state index in [1.807, 2.05) is 34.6 Å². The normalized spacial score (nSPS) is 13.6. The molecule has 6 unspecified atom stereocenters. The van der Waals surface area contributed by atoms with Gasteiger partial charge < -0.3 is 60.5 Å². The number of rotatable bonds is 23. The highest BCUT2D eigenvalue weighted by atomic mass is 19.2. The maximum atomic E-state index is 14.0. The molecule has 0 aliphatic heterocycles. The number of hydrogen-bond donors (Lipinski definition) is 12. The average Bonchev–Trinajstić information content (AvgIpc) is 1.29. The van der Waals surface area contributed by atoms with E-state index in [4.69, 9.17) is 0 Å². The first-order valence-electron chi connectivity index (χ1n) is 35.7. The van der Waals surface area contributed by atoms with Gasteiger partial charge in [-0.1, -0.05) is 114 Å². The largest absolute Gasteiger partial charge is 0.380 e. The Morgan fingerprint density at radius 3 is 0.927 bits per heavy atom. The zero-order valence-electron chi connectivity index (χ0n) is 60.9. The molecule has 12 aromatic rings.